The molecule has 0 aliphatic rings. The monoisotopic (exact) mass is 262 g/mol. The van der Waals surface area contributed by atoms with Gasteiger partial charge < -0.3 is 9.47 Å². The maximum Gasteiger partial charge on any atom is 0.136 e. The van der Waals surface area contributed by atoms with Gasteiger partial charge in [0.15, 0.2) is 0 Å². The van der Waals surface area contributed by atoms with Gasteiger partial charge >= 0.3 is 0 Å². The molecule has 0 N–H and O–H groups in total. The highest BCUT2D eigenvalue weighted by Gasteiger charge is 2.14. The van der Waals surface area contributed by atoms with Crippen LogP contribution < -0.4 is 9.47 Å². The Kier molecular flexibility index (Phi) is 3.75. The second kappa shape index (κ2) is 4.64. The fourth-order valence-corrected chi connectivity index (χ4v) is 1.72. The van der Waals surface area contributed by atoms with E-state index >= 15 is 0 Å². The van der Waals surface area contributed by atoms with Crippen molar-refractivity contribution in [2.24, 2.45) is 0 Å². The Morgan fingerprint density at radius 2 is 1.79 bits per heavy atom. The van der Waals surface area contributed by atoms with E-state index in [2.05, 4.69) is 15.9 Å². The summed E-state index contributed by atoms with van der Waals surface area (Å²) in [5, 5.41) is 0. The highest BCUT2D eigenvalue weighted by Crippen LogP contribution is 2.36. The van der Waals surface area contributed by atoms with E-state index in [0.717, 1.165) is 4.47 Å². The number of hydrogen-bond donors (Lipinski definition) is 0. The zero-order valence-corrected chi connectivity index (χ0v) is 9.89. The van der Waals surface area contributed by atoms with Crippen LogP contribution in [0.1, 0.15) is 18.7 Å². The second-order valence-electron chi connectivity index (χ2n) is 2.84. The van der Waals surface area contributed by atoms with Crippen molar-refractivity contribution in [2.75, 3.05) is 14.2 Å². The first-order valence-electron chi connectivity index (χ1n) is 4.15. The van der Waals surface area contributed by atoms with Crippen LogP contribution in [0.25, 0.3) is 0 Å². The van der Waals surface area contributed by atoms with Crippen molar-refractivity contribution >= 4 is 15.9 Å². The van der Waals surface area contributed by atoms with E-state index in [1.165, 1.54) is 14.0 Å². The van der Waals surface area contributed by atoms with E-state index in [9.17, 15) is 4.39 Å². The Bertz CT molecular complexity index is 326. The predicted molar refractivity (Wildman–Crippen MR) is 56.8 cm³/mol. The first-order chi connectivity index (χ1) is 6.60. The molecule has 78 valence electrons. The van der Waals surface area contributed by atoms with Gasteiger partial charge in [0.05, 0.1) is 18.7 Å². The average molecular weight is 263 g/mol. The van der Waals surface area contributed by atoms with Crippen molar-refractivity contribution in [3.63, 3.8) is 0 Å². The zero-order chi connectivity index (χ0) is 10.7. The molecule has 1 aromatic rings. The van der Waals surface area contributed by atoms with Gasteiger partial charge in [0.1, 0.15) is 17.7 Å². The fraction of sp³-hybridized carbons (Fsp3) is 0.400. The van der Waals surface area contributed by atoms with Crippen LogP contribution in [0, 0.1) is 0 Å². The lowest BCUT2D eigenvalue weighted by Crippen LogP contribution is -1.95. The van der Waals surface area contributed by atoms with Crippen molar-refractivity contribution in [3.8, 4) is 11.5 Å². The van der Waals surface area contributed by atoms with E-state index in [1.807, 2.05) is 0 Å². The van der Waals surface area contributed by atoms with Crippen molar-refractivity contribution < 1.29 is 13.9 Å². The molecule has 1 atom stereocenters. The Morgan fingerprint density at radius 3 is 2.21 bits per heavy atom. The number of halogens is 2. The third kappa shape index (κ3) is 2.18. The molecule has 0 saturated carbocycles. The summed E-state index contributed by atoms with van der Waals surface area (Å²) in [4.78, 5) is 0. The minimum atomic E-state index is -1.06. The highest BCUT2D eigenvalue weighted by molar-refractivity contribution is 9.10. The molecular weight excluding hydrogens is 251 g/mol. The maximum absolute atomic E-state index is 13.2. The average Bonchev–Trinajstić information content (AvgIpc) is 2.17. The molecule has 0 radical (unpaired) electrons. The Balaban J connectivity index is 3.24. The summed E-state index contributed by atoms with van der Waals surface area (Å²) < 4.78 is 24.0. The summed E-state index contributed by atoms with van der Waals surface area (Å²) in [6.45, 7) is 1.47. The van der Waals surface area contributed by atoms with Crippen LogP contribution in [0.15, 0.2) is 16.6 Å². The summed E-state index contributed by atoms with van der Waals surface area (Å²) in [5.74, 6) is 1.13. The lowest BCUT2D eigenvalue weighted by Gasteiger charge is -2.12. The molecule has 0 fully saturated rings. The summed E-state index contributed by atoms with van der Waals surface area (Å²) in [6.07, 6.45) is -1.06. The Morgan fingerprint density at radius 1 is 1.21 bits per heavy atom. The van der Waals surface area contributed by atoms with Crippen LogP contribution in [-0.2, 0) is 0 Å². The van der Waals surface area contributed by atoms with Crippen LogP contribution in [0.3, 0.4) is 0 Å². The van der Waals surface area contributed by atoms with Gasteiger partial charge in [0.25, 0.3) is 0 Å². The molecule has 0 spiro atoms. The van der Waals surface area contributed by atoms with E-state index in [0.29, 0.717) is 17.1 Å². The molecular formula is C10H12BrFO2. The first-order valence-corrected chi connectivity index (χ1v) is 4.95. The lowest BCUT2D eigenvalue weighted by molar-refractivity contribution is 0.342. The maximum atomic E-state index is 13.2. The molecule has 0 aromatic heterocycles. The molecule has 0 aliphatic carbocycles. The fourth-order valence-electron chi connectivity index (χ4n) is 1.19. The van der Waals surface area contributed by atoms with Crippen LogP contribution in [0.4, 0.5) is 4.39 Å². The standard InChI is InChI=1S/C10H12BrFO2/c1-6(12)7-4-8(11)10(14-3)5-9(7)13-2/h4-6H,1-3H3. The Labute approximate surface area is 91.2 Å². The lowest BCUT2D eigenvalue weighted by atomic mass is 10.1. The molecule has 0 heterocycles. The minimum absolute atomic E-state index is 0.500. The normalized spacial score (nSPS) is 12.4. The van der Waals surface area contributed by atoms with Crippen LogP contribution in [-0.4, -0.2) is 14.2 Å². The van der Waals surface area contributed by atoms with Gasteiger partial charge in [0.2, 0.25) is 0 Å². The van der Waals surface area contributed by atoms with E-state index in [1.54, 1.807) is 19.2 Å². The topological polar surface area (TPSA) is 18.5 Å². The van der Waals surface area contributed by atoms with Crippen LogP contribution in [0.2, 0.25) is 0 Å². The summed E-state index contributed by atoms with van der Waals surface area (Å²) in [5.41, 5.74) is 0.514. The molecule has 14 heavy (non-hydrogen) atoms. The van der Waals surface area contributed by atoms with E-state index in [-0.39, 0.29) is 0 Å². The smallest absolute Gasteiger partial charge is 0.136 e. The summed E-state index contributed by atoms with van der Waals surface area (Å²) >= 11 is 3.29. The molecule has 1 rings (SSSR count). The van der Waals surface area contributed by atoms with Gasteiger partial charge in [-0.2, -0.15) is 0 Å². The Hall–Kier alpha value is -0.770. The number of rotatable bonds is 3. The third-order valence-corrected chi connectivity index (χ3v) is 2.55. The zero-order valence-electron chi connectivity index (χ0n) is 8.30. The third-order valence-electron chi connectivity index (χ3n) is 1.93. The molecule has 2 nitrogen and oxygen atoms in total. The van der Waals surface area contributed by atoms with Crippen molar-refractivity contribution in [2.45, 2.75) is 13.1 Å². The van der Waals surface area contributed by atoms with Crippen LogP contribution in [0.5, 0.6) is 11.5 Å². The van der Waals surface area contributed by atoms with Gasteiger partial charge in [-0.3, -0.25) is 0 Å². The van der Waals surface area contributed by atoms with Gasteiger partial charge in [0, 0.05) is 11.6 Å². The second-order valence-corrected chi connectivity index (χ2v) is 3.70. The number of ether oxygens (including phenoxy) is 2. The highest BCUT2D eigenvalue weighted by atomic mass is 79.9. The minimum Gasteiger partial charge on any atom is -0.496 e. The van der Waals surface area contributed by atoms with Gasteiger partial charge in [-0.05, 0) is 28.9 Å². The number of hydrogen-bond acceptors (Lipinski definition) is 2. The largest absolute Gasteiger partial charge is 0.496 e. The molecule has 0 bridgehead atoms. The van der Waals surface area contributed by atoms with Crippen molar-refractivity contribution in [3.05, 3.63) is 22.2 Å². The van der Waals surface area contributed by atoms with Gasteiger partial charge in [-0.25, -0.2) is 4.39 Å². The predicted octanol–water partition coefficient (Wildman–Crippen LogP) is 3.50. The quantitative estimate of drug-likeness (QED) is 0.830. The van der Waals surface area contributed by atoms with Gasteiger partial charge in [-0.1, -0.05) is 0 Å². The molecule has 0 amide bonds. The molecule has 1 aromatic carbocycles. The number of alkyl halides is 1. The SMILES string of the molecule is COc1cc(OC)c(C(C)F)cc1Br. The van der Waals surface area contributed by atoms with Gasteiger partial charge in [-0.15, -0.1) is 0 Å². The van der Waals surface area contributed by atoms with Crippen molar-refractivity contribution in [1.82, 2.24) is 0 Å². The van der Waals surface area contributed by atoms with Crippen LogP contribution >= 0.6 is 15.9 Å². The van der Waals surface area contributed by atoms with E-state index in [4.69, 9.17) is 9.47 Å². The summed E-state index contributed by atoms with van der Waals surface area (Å²) in [7, 11) is 3.06. The molecule has 1 unspecified atom stereocenters. The number of methoxy groups -OCH3 is 2. The molecule has 0 aliphatic heterocycles. The van der Waals surface area contributed by atoms with E-state index < -0.39 is 6.17 Å². The first kappa shape index (κ1) is 11.3. The molecule has 4 heteroatoms. The summed E-state index contributed by atoms with van der Waals surface area (Å²) in [6, 6.07) is 3.33. The molecule has 0 saturated heterocycles. The number of benzene rings is 1. The van der Waals surface area contributed by atoms with Crippen molar-refractivity contribution in [1.29, 1.82) is 0 Å².